The molecule has 1 aromatic heterocycles. The number of hydrogen-bond donors (Lipinski definition) is 1. The monoisotopic (exact) mass is 419 g/mol. The van der Waals surface area contributed by atoms with Crippen molar-refractivity contribution in [2.45, 2.75) is 39.2 Å². The average molecular weight is 420 g/mol. The summed E-state index contributed by atoms with van der Waals surface area (Å²) in [6.07, 6.45) is 3.02. The van der Waals surface area contributed by atoms with E-state index in [1.54, 1.807) is 7.11 Å². The van der Waals surface area contributed by atoms with Gasteiger partial charge in [-0.1, -0.05) is 32.4 Å². The first-order chi connectivity index (χ1) is 15.2. The van der Waals surface area contributed by atoms with E-state index in [9.17, 15) is 4.79 Å². The van der Waals surface area contributed by atoms with Crippen molar-refractivity contribution in [1.82, 2.24) is 15.1 Å². The van der Waals surface area contributed by atoms with Crippen molar-refractivity contribution in [3.05, 3.63) is 65.4 Å². The number of nitrogens with zero attached hydrogens (tertiary/aromatic N) is 2. The Morgan fingerprint density at radius 1 is 1.00 bits per heavy atom. The van der Waals surface area contributed by atoms with E-state index >= 15 is 0 Å². The molecule has 162 valence electrons. The van der Waals surface area contributed by atoms with Gasteiger partial charge < -0.3 is 14.4 Å². The number of methoxy groups -OCH3 is 1. The Hall–Kier alpha value is -3.28. The summed E-state index contributed by atoms with van der Waals surface area (Å²) in [6.45, 7) is 5.63. The van der Waals surface area contributed by atoms with Crippen LogP contribution < -0.4 is 9.47 Å². The SMILES string of the molecule is CCCCOc1ccc(C2c3c(-c4ccc(OC)cc4)n[nH]c3C(=O)N2CCC)cc1. The van der Waals surface area contributed by atoms with Crippen LogP contribution in [0.5, 0.6) is 11.5 Å². The van der Waals surface area contributed by atoms with Gasteiger partial charge in [0.1, 0.15) is 17.2 Å². The van der Waals surface area contributed by atoms with E-state index in [1.165, 1.54) is 0 Å². The van der Waals surface area contributed by atoms with Crippen molar-refractivity contribution in [1.29, 1.82) is 0 Å². The molecule has 0 spiro atoms. The van der Waals surface area contributed by atoms with Gasteiger partial charge in [-0.15, -0.1) is 0 Å². The lowest BCUT2D eigenvalue weighted by atomic mass is 9.96. The maximum Gasteiger partial charge on any atom is 0.273 e. The molecule has 4 rings (SSSR count). The molecule has 0 saturated heterocycles. The van der Waals surface area contributed by atoms with Gasteiger partial charge in [0.05, 0.1) is 25.5 Å². The predicted octanol–water partition coefficient (Wildman–Crippen LogP) is 5.22. The Bertz CT molecular complexity index is 1030. The zero-order valence-electron chi connectivity index (χ0n) is 18.4. The second-order valence-electron chi connectivity index (χ2n) is 7.76. The Morgan fingerprint density at radius 2 is 1.71 bits per heavy atom. The van der Waals surface area contributed by atoms with Crippen LogP contribution in [0.1, 0.15) is 60.8 Å². The largest absolute Gasteiger partial charge is 0.497 e. The lowest BCUT2D eigenvalue weighted by Crippen LogP contribution is -2.30. The minimum absolute atomic E-state index is 0.00242. The zero-order chi connectivity index (χ0) is 21.8. The molecule has 1 atom stereocenters. The summed E-state index contributed by atoms with van der Waals surface area (Å²) in [5.74, 6) is 1.64. The van der Waals surface area contributed by atoms with Crippen molar-refractivity contribution < 1.29 is 14.3 Å². The molecule has 31 heavy (non-hydrogen) atoms. The molecular weight excluding hydrogens is 390 g/mol. The molecule has 2 heterocycles. The van der Waals surface area contributed by atoms with Crippen LogP contribution in [0.3, 0.4) is 0 Å². The molecule has 0 bridgehead atoms. The molecule has 0 radical (unpaired) electrons. The number of unbranched alkanes of at least 4 members (excludes halogenated alkanes) is 1. The highest BCUT2D eigenvalue weighted by molar-refractivity contribution is 6.00. The Labute approximate surface area is 183 Å². The number of fused-ring (bicyclic) bond motifs is 1. The summed E-state index contributed by atoms with van der Waals surface area (Å²) in [4.78, 5) is 15.1. The van der Waals surface area contributed by atoms with E-state index < -0.39 is 0 Å². The first kappa shape index (κ1) is 21.0. The molecule has 3 aromatic rings. The first-order valence-corrected chi connectivity index (χ1v) is 10.9. The van der Waals surface area contributed by atoms with E-state index in [-0.39, 0.29) is 11.9 Å². The number of rotatable bonds is 9. The number of benzene rings is 2. The van der Waals surface area contributed by atoms with Crippen LogP contribution in [0, 0.1) is 0 Å². The van der Waals surface area contributed by atoms with Gasteiger partial charge in [0.15, 0.2) is 0 Å². The maximum atomic E-state index is 13.2. The van der Waals surface area contributed by atoms with Crippen molar-refractivity contribution in [3.8, 4) is 22.8 Å². The number of carbonyl (C=O) groups is 1. The third-order valence-corrected chi connectivity index (χ3v) is 5.65. The molecule has 1 N–H and O–H groups in total. The van der Waals surface area contributed by atoms with Crippen LogP contribution in [-0.4, -0.2) is 41.3 Å². The third kappa shape index (κ3) is 4.02. The smallest absolute Gasteiger partial charge is 0.273 e. The van der Waals surface area contributed by atoms with E-state index in [1.807, 2.05) is 41.3 Å². The second-order valence-corrected chi connectivity index (χ2v) is 7.76. The van der Waals surface area contributed by atoms with E-state index in [0.29, 0.717) is 18.8 Å². The van der Waals surface area contributed by atoms with Gasteiger partial charge in [0.25, 0.3) is 5.91 Å². The average Bonchev–Trinajstić information content (AvgIpc) is 3.34. The fourth-order valence-corrected chi connectivity index (χ4v) is 4.06. The number of amides is 1. The van der Waals surface area contributed by atoms with Crippen LogP contribution in [0.25, 0.3) is 11.3 Å². The lowest BCUT2D eigenvalue weighted by Gasteiger charge is -2.26. The number of hydrogen-bond acceptors (Lipinski definition) is 4. The molecular formula is C25H29N3O3. The third-order valence-electron chi connectivity index (χ3n) is 5.65. The van der Waals surface area contributed by atoms with E-state index in [4.69, 9.17) is 9.47 Å². The maximum absolute atomic E-state index is 13.2. The number of H-pyrrole nitrogens is 1. The summed E-state index contributed by atoms with van der Waals surface area (Å²) >= 11 is 0. The first-order valence-electron chi connectivity index (χ1n) is 10.9. The van der Waals surface area contributed by atoms with Gasteiger partial charge in [-0.05, 0) is 54.8 Å². The second kappa shape index (κ2) is 9.25. The van der Waals surface area contributed by atoms with Crippen LogP contribution in [0.4, 0.5) is 0 Å². The molecule has 0 fully saturated rings. The van der Waals surface area contributed by atoms with Crippen LogP contribution in [0.2, 0.25) is 0 Å². The highest BCUT2D eigenvalue weighted by Crippen LogP contribution is 2.43. The quantitative estimate of drug-likeness (QED) is 0.483. The summed E-state index contributed by atoms with van der Waals surface area (Å²) in [6, 6.07) is 15.7. The van der Waals surface area contributed by atoms with Gasteiger partial charge in [0.2, 0.25) is 0 Å². The van der Waals surface area contributed by atoms with Gasteiger partial charge in [-0.3, -0.25) is 9.89 Å². The Balaban J connectivity index is 1.71. The minimum Gasteiger partial charge on any atom is -0.497 e. The van der Waals surface area contributed by atoms with Crippen molar-refractivity contribution >= 4 is 5.91 Å². The number of aromatic nitrogens is 2. The van der Waals surface area contributed by atoms with Crippen LogP contribution in [0.15, 0.2) is 48.5 Å². The van der Waals surface area contributed by atoms with Gasteiger partial charge >= 0.3 is 0 Å². The topological polar surface area (TPSA) is 67.5 Å². The lowest BCUT2D eigenvalue weighted by molar-refractivity contribution is 0.0744. The van der Waals surface area contributed by atoms with Gasteiger partial charge in [0, 0.05) is 17.7 Å². The Morgan fingerprint density at radius 3 is 2.35 bits per heavy atom. The summed E-state index contributed by atoms with van der Waals surface area (Å²) in [7, 11) is 1.65. The van der Waals surface area contributed by atoms with Gasteiger partial charge in [-0.2, -0.15) is 5.10 Å². The zero-order valence-corrected chi connectivity index (χ0v) is 18.4. The summed E-state index contributed by atoms with van der Waals surface area (Å²) in [5, 5.41) is 7.51. The molecule has 1 aliphatic heterocycles. The van der Waals surface area contributed by atoms with Gasteiger partial charge in [-0.25, -0.2) is 0 Å². The van der Waals surface area contributed by atoms with Crippen LogP contribution in [-0.2, 0) is 0 Å². The van der Waals surface area contributed by atoms with Crippen molar-refractivity contribution in [2.24, 2.45) is 0 Å². The fraction of sp³-hybridized carbons (Fsp3) is 0.360. The molecule has 6 heteroatoms. The molecule has 1 amide bonds. The standard InChI is InChI=1S/C25H29N3O3/c1-4-6-16-31-20-13-9-18(10-14-20)24-21-22(17-7-11-19(30-3)12-8-17)26-27-23(21)25(29)28(24)15-5-2/h7-14,24H,4-6,15-16H2,1-3H3,(H,26,27). The Kier molecular flexibility index (Phi) is 6.26. The van der Waals surface area contributed by atoms with Crippen molar-refractivity contribution in [2.75, 3.05) is 20.3 Å². The minimum atomic E-state index is -0.178. The highest BCUT2D eigenvalue weighted by atomic mass is 16.5. The van der Waals surface area contributed by atoms with Crippen molar-refractivity contribution in [3.63, 3.8) is 0 Å². The number of aromatic amines is 1. The normalized spacial score (nSPS) is 15.3. The van der Waals surface area contributed by atoms with Crippen LogP contribution >= 0.6 is 0 Å². The molecule has 0 saturated carbocycles. The summed E-state index contributed by atoms with van der Waals surface area (Å²) in [5.41, 5.74) is 4.32. The molecule has 6 nitrogen and oxygen atoms in total. The van der Waals surface area contributed by atoms with E-state index in [2.05, 4.69) is 36.2 Å². The number of ether oxygens (including phenoxy) is 2. The summed E-state index contributed by atoms with van der Waals surface area (Å²) < 4.78 is 11.1. The number of carbonyl (C=O) groups excluding carboxylic acids is 1. The molecule has 1 aliphatic rings. The number of nitrogens with one attached hydrogen (secondary N) is 1. The molecule has 0 aliphatic carbocycles. The predicted molar refractivity (Wildman–Crippen MR) is 121 cm³/mol. The fourth-order valence-electron chi connectivity index (χ4n) is 4.06. The van der Waals surface area contributed by atoms with E-state index in [0.717, 1.165) is 53.1 Å². The highest BCUT2D eigenvalue weighted by Gasteiger charge is 2.41. The molecule has 1 unspecified atom stereocenters. The molecule has 2 aromatic carbocycles.